The normalized spacial score (nSPS) is 26.3. The molecule has 1 saturated heterocycles. The van der Waals surface area contributed by atoms with Gasteiger partial charge >= 0.3 is 12.0 Å². The first-order valence-corrected chi connectivity index (χ1v) is 6.41. The Kier molecular flexibility index (Phi) is 3.75. The van der Waals surface area contributed by atoms with Crippen molar-refractivity contribution < 1.29 is 19.4 Å². The van der Waals surface area contributed by atoms with Gasteiger partial charge in [0.2, 0.25) is 0 Å². The van der Waals surface area contributed by atoms with E-state index in [0.29, 0.717) is 19.8 Å². The number of hydrogen-bond donors (Lipinski definition) is 2. The Hall–Kier alpha value is -1.30. The van der Waals surface area contributed by atoms with E-state index in [9.17, 15) is 9.59 Å². The van der Waals surface area contributed by atoms with Crippen LogP contribution in [0.15, 0.2) is 0 Å². The van der Waals surface area contributed by atoms with Crippen molar-refractivity contribution in [1.82, 2.24) is 10.2 Å². The van der Waals surface area contributed by atoms with E-state index < -0.39 is 11.5 Å². The fourth-order valence-corrected chi connectivity index (χ4v) is 2.57. The van der Waals surface area contributed by atoms with E-state index in [1.54, 1.807) is 4.90 Å². The molecule has 2 fully saturated rings. The highest BCUT2D eigenvalue weighted by molar-refractivity contribution is 5.77. The second kappa shape index (κ2) is 5.14. The molecule has 0 radical (unpaired) electrons. The number of nitrogens with one attached hydrogen (secondary N) is 1. The molecule has 1 unspecified atom stereocenters. The van der Waals surface area contributed by atoms with Gasteiger partial charge in [0.25, 0.3) is 0 Å². The summed E-state index contributed by atoms with van der Waals surface area (Å²) < 4.78 is 5.28. The number of ether oxygens (including phenoxy) is 1. The summed E-state index contributed by atoms with van der Waals surface area (Å²) in [5.41, 5.74) is -0.527. The van der Waals surface area contributed by atoms with Crippen LogP contribution >= 0.6 is 0 Å². The maximum Gasteiger partial charge on any atom is 0.318 e. The van der Waals surface area contributed by atoms with Crippen LogP contribution in [-0.4, -0.2) is 53.3 Å². The Labute approximate surface area is 106 Å². The zero-order valence-electron chi connectivity index (χ0n) is 10.6. The minimum atomic E-state index is -0.856. The maximum atomic E-state index is 12.2. The molecular weight excluding hydrogens is 236 g/mol. The summed E-state index contributed by atoms with van der Waals surface area (Å²) in [4.78, 5) is 24.7. The number of carbonyl (C=O) groups is 2. The van der Waals surface area contributed by atoms with E-state index in [1.165, 1.54) is 0 Å². The third kappa shape index (κ3) is 2.75. The lowest BCUT2D eigenvalue weighted by Gasteiger charge is -2.44. The zero-order valence-corrected chi connectivity index (χ0v) is 10.6. The SMILES string of the molecule is CC1COCCN1C(=O)NC1(CC(=O)O)CCC1. The molecule has 1 atom stereocenters. The molecule has 18 heavy (non-hydrogen) atoms. The number of carboxylic acids is 1. The van der Waals surface area contributed by atoms with Gasteiger partial charge in [-0.1, -0.05) is 0 Å². The molecule has 0 aromatic carbocycles. The molecule has 2 aliphatic rings. The lowest BCUT2D eigenvalue weighted by atomic mass is 9.74. The van der Waals surface area contributed by atoms with E-state index in [4.69, 9.17) is 9.84 Å². The van der Waals surface area contributed by atoms with Crippen LogP contribution in [0, 0.1) is 0 Å². The fraction of sp³-hybridized carbons (Fsp3) is 0.833. The molecule has 0 spiro atoms. The largest absolute Gasteiger partial charge is 0.481 e. The van der Waals surface area contributed by atoms with Crippen LogP contribution in [0.25, 0.3) is 0 Å². The monoisotopic (exact) mass is 256 g/mol. The molecule has 0 bridgehead atoms. The number of nitrogens with zero attached hydrogens (tertiary/aromatic N) is 1. The standard InChI is InChI=1S/C12H20N2O4/c1-9-8-18-6-5-14(9)11(17)13-12(3-2-4-12)7-10(15)16/h9H,2-8H2,1H3,(H,13,17)(H,15,16). The summed E-state index contributed by atoms with van der Waals surface area (Å²) in [5.74, 6) is -0.856. The van der Waals surface area contributed by atoms with Crippen molar-refractivity contribution in [2.24, 2.45) is 0 Å². The number of rotatable bonds is 3. The average molecular weight is 256 g/mol. The second-order valence-corrected chi connectivity index (χ2v) is 5.25. The van der Waals surface area contributed by atoms with E-state index in [1.807, 2.05) is 6.92 Å². The van der Waals surface area contributed by atoms with Gasteiger partial charge in [-0.25, -0.2) is 4.79 Å². The van der Waals surface area contributed by atoms with Crippen molar-refractivity contribution >= 4 is 12.0 Å². The Balaban J connectivity index is 1.94. The third-order valence-corrected chi connectivity index (χ3v) is 3.80. The summed E-state index contributed by atoms with van der Waals surface area (Å²) in [5, 5.41) is 11.8. The summed E-state index contributed by atoms with van der Waals surface area (Å²) in [6, 6.07) is -0.118. The first kappa shape index (κ1) is 13.1. The highest BCUT2D eigenvalue weighted by Crippen LogP contribution is 2.35. The van der Waals surface area contributed by atoms with Crippen LogP contribution < -0.4 is 5.32 Å². The molecule has 1 saturated carbocycles. The van der Waals surface area contributed by atoms with Crippen LogP contribution in [0.5, 0.6) is 0 Å². The first-order chi connectivity index (χ1) is 8.52. The van der Waals surface area contributed by atoms with Crippen molar-refractivity contribution in [3.63, 3.8) is 0 Å². The summed E-state index contributed by atoms with van der Waals surface area (Å²) in [7, 11) is 0. The topological polar surface area (TPSA) is 78.9 Å². The number of carboxylic acid groups (broad SMARTS) is 1. The molecule has 1 aliphatic heterocycles. The van der Waals surface area contributed by atoms with Crippen LogP contribution in [0.1, 0.15) is 32.6 Å². The second-order valence-electron chi connectivity index (χ2n) is 5.25. The predicted molar refractivity (Wildman–Crippen MR) is 64.4 cm³/mol. The number of morpholine rings is 1. The van der Waals surface area contributed by atoms with Gasteiger partial charge in [-0.2, -0.15) is 0 Å². The number of hydrogen-bond acceptors (Lipinski definition) is 3. The van der Waals surface area contributed by atoms with Crippen molar-refractivity contribution in [1.29, 1.82) is 0 Å². The molecule has 0 aromatic heterocycles. The van der Waals surface area contributed by atoms with Crippen LogP contribution in [0.3, 0.4) is 0 Å². The van der Waals surface area contributed by atoms with Crippen molar-refractivity contribution in [2.45, 2.75) is 44.2 Å². The Morgan fingerprint density at radius 2 is 2.22 bits per heavy atom. The number of urea groups is 1. The first-order valence-electron chi connectivity index (χ1n) is 6.41. The molecule has 0 aromatic rings. The van der Waals surface area contributed by atoms with E-state index in [-0.39, 0.29) is 18.5 Å². The molecule has 102 valence electrons. The molecular formula is C12H20N2O4. The predicted octanol–water partition coefficient (Wildman–Crippen LogP) is 0.814. The van der Waals surface area contributed by atoms with Gasteiger partial charge < -0.3 is 20.1 Å². The van der Waals surface area contributed by atoms with Crippen molar-refractivity contribution in [2.75, 3.05) is 19.8 Å². The Morgan fingerprint density at radius 1 is 1.50 bits per heavy atom. The van der Waals surface area contributed by atoms with Gasteiger partial charge in [0.05, 0.1) is 31.2 Å². The lowest BCUT2D eigenvalue weighted by molar-refractivity contribution is -0.139. The van der Waals surface area contributed by atoms with Crippen molar-refractivity contribution in [3.05, 3.63) is 0 Å². The highest BCUT2D eigenvalue weighted by Gasteiger charge is 2.41. The van der Waals surface area contributed by atoms with Crippen LogP contribution in [-0.2, 0) is 9.53 Å². The van der Waals surface area contributed by atoms with E-state index in [0.717, 1.165) is 19.3 Å². The minimum absolute atomic E-state index is 0.0114. The van der Waals surface area contributed by atoms with E-state index in [2.05, 4.69) is 5.32 Å². The molecule has 6 nitrogen and oxygen atoms in total. The molecule has 2 N–H and O–H groups in total. The molecule has 2 rings (SSSR count). The molecule has 1 heterocycles. The minimum Gasteiger partial charge on any atom is -0.481 e. The molecule has 6 heteroatoms. The van der Waals surface area contributed by atoms with Gasteiger partial charge in [0.1, 0.15) is 0 Å². The summed E-state index contributed by atoms with van der Waals surface area (Å²) in [6.07, 6.45) is 2.50. The third-order valence-electron chi connectivity index (χ3n) is 3.80. The summed E-state index contributed by atoms with van der Waals surface area (Å²) in [6.45, 7) is 3.59. The maximum absolute atomic E-state index is 12.2. The van der Waals surface area contributed by atoms with Gasteiger partial charge in [0.15, 0.2) is 0 Å². The Bertz CT molecular complexity index is 341. The zero-order chi connectivity index (χ0) is 13.2. The van der Waals surface area contributed by atoms with Gasteiger partial charge in [0, 0.05) is 6.54 Å². The van der Waals surface area contributed by atoms with Gasteiger partial charge in [-0.05, 0) is 26.2 Å². The smallest absolute Gasteiger partial charge is 0.318 e. The summed E-state index contributed by atoms with van der Waals surface area (Å²) >= 11 is 0. The molecule has 1 aliphatic carbocycles. The van der Waals surface area contributed by atoms with E-state index >= 15 is 0 Å². The average Bonchev–Trinajstić information content (AvgIpc) is 2.25. The van der Waals surface area contributed by atoms with Crippen LogP contribution in [0.4, 0.5) is 4.79 Å². The van der Waals surface area contributed by atoms with Gasteiger partial charge in [-0.3, -0.25) is 4.79 Å². The number of aliphatic carboxylic acids is 1. The van der Waals surface area contributed by atoms with Crippen molar-refractivity contribution in [3.8, 4) is 0 Å². The quantitative estimate of drug-likeness (QED) is 0.783. The highest BCUT2D eigenvalue weighted by atomic mass is 16.5. The Morgan fingerprint density at radius 3 is 2.72 bits per heavy atom. The number of carbonyl (C=O) groups excluding carboxylic acids is 1. The van der Waals surface area contributed by atoms with Gasteiger partial charge in [-0.15, -0.1) is 0 Å². The van der Waals surface area contributed by atoms with Crippen LogP contribution in [0.2, 0.25) is 0 Å². The fourth-order valence-electron chi connectivity index (χ4n) is 2.57. The lowest BCUT2D eigenvalue weighted by Crippen LogP contribution is -2.60. The molecule has 2 amide bonds. The number of amides is 2.